The molecular formula is C13H21NO3. The summed E-state index contributed by atoms with van der Waals surface area (Å²) < 4.78 is 4.55. The molecule has 0 spiro atoms. The van der Waals surface area contributed by atoms with E-state index >= 15 is 0 Å². The Morgan fingerprint density at radius 1 is 1.35 bits per heavy atom. The van der Waals surface area contributed by atoms with Gasteiger partial charge in [0.1, 0.15) is 5.54 Å². The molecule has 0 saturated carbocycles. The van der Waals surface area contributed by atoms with Gasteiger partial charge >= 0.3 is 5.97 Å². The van der Waals surface area contributed by atoms with E-state index in [1.807, 2.05) is 44.2 Å². The van der Waals surface area contributed by atoms with Gasteiger partial charge in [-0.25, -0.2) is 4.79 Å². The minimum Gasteiger partial charge on any atom is -0.468 e. The van der Waals surface area contributed by atoms with Crippen LogP contribution in [0, 0.1) is 0 Å². The van der Waals surface area contributed by atoms with Gasteiger partial charge in [-0.15, -0.1) is 0 Å². The second-order valence-corrected chi connectivity index (χ2v) is 3.47. The lowest BCUT2D eigenvalue weighted by molar-refractivity contribution is -0.148. The van der Waals surface area contributed by atoms with E-state index in [1.165, 1.54) is 7.11 Å². The average molecular weight is 239 g/mol. The maximum atomic E-state index is 11.4. The van der Waals surface area contributed by atoms with Crippen LogP contribution in [0.25, 0.3) is 0 Å². The fourth-order valence-corrected chi connectivity index (χ4v) is 1.36. The van der Waals surface area contributed by atoms with Crippen molar-refractivity contribution in [1.29, 1.82) is 0 Å². The molecule has 0 amide bonds. The van der Waals surface area contributed by atoms with Gasteiger partial charge in [-0.05, 0) is 5.56 Å². The first kappa shape index (κ1) is 15.6. The molecule has 4 heteroatoms. The lowest BCUT2D eigenvalue weighted by Gasteiger charge is -2.23. The monoisotopic (exact) mass is 239 g/mol. The van der Waals surface area contributed by atoms with E-state index in [-0.39, 0.29) is 6.42 Å². The second-order valence-electron chi connectivity index (χ2n) is 3.47. The standard InChI is InChI=1S/C11H15NO3.C2H6/c1-15-10(14)11(12,8-13)7-9-5-3-2-4-6-9;1-2/h2-6,13H,7-8,12H2,1H3;1-2H3. The summed E-state index contributed by atoms with van der Waals surface area (Å²) in [6, 6.07) is 9.27. The minimum atomic E-state index is -1.35. The normalized spacial score (nSPS) is 13.0. The van der Waals surface area contributed by atoms with Crippen molar-refractivity contribution in [3.8, 4) is 0 Å². The van der Waals surface area contributed by atoms with Gasteiger partial charge in [0.05, 0.1) is 13.7 Å². The fraction of sp³-hybridized carbons (Fsp3) is 0.462. The van der Waals surface area contributed by atoms with Crippen molar-refractivity contribution in [2.24, 2.45) is 5.73 Å². The summed E-state index contributed by atoms with van der Waals surface area (Å²) in [5.41, 5.74) is 5.30. The van der Waals surface area contributed by atoms with E-state index in [9.17, 15) is 4.79 Å². The quantitative estimate of drug-likeness (QED) is 0.772. The van der Waals surface area contributed by atoms with Crippen molar-refractivity contribution in [2.45, 2.75) is 25.8 Å². The van der Waals surface area contributed by atoms with Crippen LogP contribution in [0.5, 0.6) is 0 Å². The number of carbonyl (C=O) groups is 1. The Morgan fingerprint density at radius 3 is 2.29 bits per heavy atom. The van der Waals surface area contributed by atoms with Gasteiger partial charge < -0.3 is 15.6 Å². The Bertz CT molecular complexity index is 327. The predicted octanol–water partition coefficient (Wildman–Crippen LogP) is 1.12. The van der Waals surface area contributed by atoms with Gasteiger partial charge in [0.15, 0.2) is 0 Å². The van der Waals surface area contributed by atoms with Crippen LogP contribution in [-0.2, 0) is 16.0 Å². The van der Waals surface area contributed by atoms with Gasteiger partial charge in [0.2, 0.25) is 0 Å². The van der Waals surface area contributed by atoms with E-state index in [2.05, 4.69) is 4.74 Å². The van der Waals surface area contributed by atoms with Gasteiger partial charge in [-0.3, -0.25) is 0 Å². The Morgan fingerprint density at radius 2 is 1.88 bits per heavy atom. The molecule has 17 heavy (non-hydrogen) atoms. The molecular weight excluding hydrogens is 218 g/mol. The van der Waals surface area contributed by atoms with E-state index in [4.69, 9.17) is 10.8 Å². The zero-order valence-corrected chi connectivity index (χ0v) is 10.6. The van der Waals surface area contributed by atoms with E-state index in [1.54, 1.807) is 0 Å². The number of nitrogens with two attached hydrogens (primary N) is 1. The number of hydrogen-bond donors (Lipinski definition) is 2. The lowest BCUT2D eigenvalue weighted by Crippen LogP contribution is -2.53. The third-order valence-electron chi connectivity index (χ3n) is 2.24. The smallest absolute Gasteiger partial charge is 0.328 e. The third-order valence-corrected chi connectivity index (χ3v) is 2.24. The summed E-state index contributed by atoms with van der Waals surface area (Å²) in [7, 11) is 1.25. The topological polar surface area (TPSA) is 72.5 Å². The van der Waals surface area contributed by atoms with Crippen LogP contribution in [0.4, 0.5) is 0 Å². The molecule has 1 aromatic rings. The Labute approximate surface area is 102 Å². The lowest BCUT2D eigenvalue weighted by atomic mass is 9.93. The molecule has 1 atom stereocenters. The molecule has 0 heterocycles. The highest BCUT2D eigenvalue weighted by Crippen LogP contribution is 2.12. The van der Waals surface area contributed by atoms with Crippen LogP contribution in [0.1, 0.15) is 19.4 Å². The summed E-state index contributed by atoms with van der Waals surface area (Å²) >= 11 is 0. The molecule has 0 fully saturated rings. The molecule has 0 aliphatic carbocycles. The molecule has 0 aliphatic rings. The highest BCUT2D eigenvalue weighted by Gasteiger charge is 2.34. The van der Waals surface area contributed by atoms with Gasteiger partial charge in [-0.1, -0.05) is 44.2 Å². The maximum absolute atomic E-state index is 11.4. The Kier molecular flexibility index (Phi) is 7.18. The number of carbonyl (C=O) groups excluding carboxylic acids is 1. The fourth-order valence-electron chi connectivity index (χ4n) is 1.36. The Balaban J connectivity index is 0.00000121. The van der Waals surface area contributed by atoms with Gasteiger partial charge in [0, 0.05) is 6.42 Å². The molecule has 4 nitrogen and oxygen atoms in total. The first-order valence-corrected chi connectivity index (χ1v) is 5.64. The maximum Gasteiger partial charge on any atom is 0.328 e. The molecule has 1 rings (SSSR count). The molecule has 0 radical (unpaired) electrons. The van der Waals surface area contributed by atoms with Crippen LogP contribution < -0.4 is 5.73 Å². The number of aliphatic hydroxyl groups excluding tert-OH is 1. The number of rotatable bonds is 4. The first-order valence-electron chi connectivity index (χ1n) is 5.64. The summed E-state index contributed by atoms with van der Waals surface area (Å²) in [5.74, 6) is -0.603. The van der Waals surface area contributed by atoms with Gasteiger partial charge in [-0.2, -0.15) is 0 Å². The van der Waals surface area contributed by atoms with Crippen molar-refractivity contribution in [3.63, 3.8) is 0 Å². The summed E-state index contributed by atoms with van der Waals surface area (Å²) in [4.78, 5) is 11.4. The average Bonchev–Trinajstić information content (AvgIpc) is 2.41. The molecule has 0 aromatic heterocycles. The van der Waals surface area contributed by atoms with E-state index in [0.717, 1.165) is 5.56 Å². The zero-order valence-electron chi connectivity index (χ0n) is 10.6. The minimum absolute atomic E-state index is 0.261. The molecule has 1 unspecified atom stereocenters. The van der Waals surface area contributed by atoms with Crippen LogP contribution in [0.15, 0.2) is 30.3 Å². The molecule has 1 aromatic carbocycles. The van der Waals surface area contributed by atoms with Crippen molar-refractivity contribution in [3.05, 3.63) is 35.9 Å². The highest BCUT2D eigenvalue weighted by molar-refractivity contribution is 5.81. The zero-order chi connectivity index (χ0) is 13.3. The second kappa shape index (κ2) is 7.81. The summed E-state index contributed by atoms with van der Waals surface area (Å²) in [5, 5.41) is 9.12. The number of hydrogen-bond acceptors (Lipinski definition) is 4. The van der Waals surface area contributed by atoms with E-state index in [0.29, 0.717) is 0 Å². The predicted molar refractivity (Wildman–Crippen MR) is 67.5 cm³/mol. The number of aliphatic hydroxyl groups is 1. The van der Waals surface area contributed by atoms with Crippen molar-refractivity contribution in [2.75, 3.05) is 13.7 Å². The van der Waals surface area contributed by atoms with Crippen LogP contribution in [-0.4, -0.2) is 30.3 Å². The number of esters is 1. The van der Waals surface area contributed by atoms with Crippen LogP contribution in [0.3, 0.4) is 0 Å². The van der Waals surface area contributed by atoms with Crippen molar-refractivity contribution < 1.29 is 14.6 Å². The van der Waals surface area contributed by atoms with Crippen molar-refractivity contribution >= 4 is 5.97 Å². The number of benzene rings is 1. The van der Waals surface area contributed by atoms with Crippen LogP contribution >= 0.6 is 0 Å². The molecule has 3 N–H and O–H groups in total. The molecule has 0 bridgehead atoms. The molecule has 0 aliphatic heterocycles. The third kappa shape index (κ3) is 4.54. The van der Waals surface area contributed by atoms with E-state index < -0.39 is 18.1 Å². The Hall–Kier alpha value is -1.39. The molecule has 96 valence electrons. The summed E-state index contributed by atoms with van der Waals surface area (Å²) in [6.45, 7) is 3.56. The van der Waals surface area contributed by atoms with Crippen LogP contribution in [0.2, 0.25) is 0 Å². The number of methoxy groups -OCH3 is 1. The van der Waals surface area contributed by atoms with Gasteiger partial charge in [0.25, 0.3) is 0 Å². The number of ether oxygens (including phenoxy) is 1. The summed E-state index contributed by atoms with van der Waals surface area (Å²) in [6.07, 6.45) is 0.261. The molecule has 0 saturated heterocycles. The SMILES string of the molecule is CC.COC(=O)C(N)(CO)Cc1ccccc1. The highest BCUT2D eigenvalue weighted by atomic mass is 16.5. The first-order chi connectivity index (χ1) is 8.12. The largest absolute Gasteiger partial charge is 0.468 e. The van der Waals surface area contributed by atoms with Crippen molar-refractivity contribution in [1.82, 2.24) is 0 Å².